The number of ether oxygens (including phenoxy) is 2. The van der Waals surface area contributed by atoms with E-state index in [-0.39, 0.29) is 24.3 Å². The van der Waals surface area contributed by atoms with Gasteiger partial charge in [0.15, 0.2) is 11.5 Å². The monoisotopic (exact) mass is 345 g/mol. The smallest absolute Gasteiger partial charge is 0.315 e. The van der Waals surface area contributed by atoms with E-state index in [1.807, 2.05) is 24.4 Å². The molecular formula is C17H19N3O3S. The topological polar surface area (TPSA) is 72.5 Å². The molecule has 2 heterocycles. The first-order valence-electron chi connectivity index (χ1n) is 8.00. The Kier molecular flexibility index (Phi) is 3.80. The Hall–Kier alpha value is -2.28. The normalized spacial score (nSPS) is 18.0. The minimum atomic E-state index is -0.162. The molecule has 1 atom stereocenters. The second-order valence-corrected chi connectivity index (χ2v) is 7.19. The Morgan fingerprint density at radius 2 is 2.21 bits per heavy atom. The number of benzene rings is 1. The van der Waals surface area contributed by atoms with Crippen LogP contribution in [0.4, 0.5) is 4.79 Å². The lowest BCUT2D eigenvalue weighted by molar-refractivity contribution is 0.174. The first-order valence-corrected chi connectivity index (χ1v) is 8.88. The fraction of sp³-hybridized carbons (Fsp3) is 0.412. The summed E-state index contributed by atoms with van der Waals surface area (Å²) in [4.78, 5) is 16.4. The van der Waals surface area contributed by atoms with Crippen LogP contribution in [-0.4, -0.2) is 24.4 Å². The van der Waals surface area contributed by atoms with Gasteiger partial charge in [-0.25, -0.2) is 9.78 Å². The van der Waals surface area contributed by atoms with Crippen LogP contribution in [0.5, 0.6) is 11.5 Å². The predicted molar refractivity (Wildman–Crippen MR) is 90.5 cm³/mol. The Morgan fingerprint density at radius 3 is 2.96 bits per heavy atom. The largest absolute Gasteiger partial charge is 0.454 e. The lowest BCUT2D eigenvalue weighted by Gasteiger charge is -2.18. The van der Waals surface area contributed by atoms with Gasteiger partial charge in [-0.2, -0.15) is 0 Å². The van der Waals surface area contributed by atoms with Crippen LogP contribution in [0.2, 0.25) is 0 Å². The van der Waals surface area contributed by atoms with Crippen LogP contribution >= 0.6 is 11.3 Å². The minimum Gasteiger partial charge on any atom is -0.454 e. The first-order chi connectivity index (χ1) is 11.7. The van der Waals surface area contributed by atoms with Crippen molar-refractivity contribution in [3.8, 4) is 11.5 Å². The molecule has 4 rings (SSSR count). The SMILES string of the molecule is C[C@@H](NC(=O)NCC1(c2ccc3c(c2)OCO3)CC1)c1nccs1. The van der Waals surface area contributed by atoms with Crippen LogP contribution in [0, 0.1) is 0 Å². The van der Waals surface area contributed by atoms with Crippen molar-refractivity contribution in [3.63, 3.8) is 0 Å². The Morgan fingerprint density at radius 1 is 1.38 bits per heavy atom. The van der Waals surface area contributed by atoms with E-state index in [0.717, 1.165) is 29.3 Å². The lowest BCUT2D eigenvalue weighted by Crippen LogP contribution is -2.40. The number of urea groups is 1. The molecule has 1 aliphatic heterocycles. The van der Waals surface area contributed by atoms with Gasteiger partial charge in [0.05, 0.1) is 6.04 Å². The number of carbonyl (C=O) groups excluding carboxylic acids is 1. The number of aromatic nitrogens is 1. The van der Waals surface area contributed by atoms with Crippen LogP contribution < -0.4 is 20.1 Å². The molecule has 0 spiro atoms. The van der Waals surface area contributed by atoms with E-state index >= 15 is 0 Å². The van der Waals surface area contributed by atoms with Crippen molar-refractivity contribution in [1.82, 2.24) is 15.6 Å². The molecular weight excluding hydrogens is 326 g/mol. The highest BCUT2D eigenvalue weighted by molar-refractivity contribution is 7.09. The Bertz CT molecular complexity index is 744. The minimum absolute atomic E-state index is 0.0166. The average molecular weight is 345 g/mol. The van der Waals surface area contributed by atoms with Crippen LogP contribution in [0.15, 0.2) is 29.8 Å². The number of thiazole rings is 1. The zero-order chi connectivity index (χ0) is 16.6. The molecule has 1 aromatic heterocycles. The van der Waals surface area contributed by atoms with Gasteiger partial charge >= 0.3 is 6.03 Å². The van der Waals surface area contributed by atoms with Crippen molar-refractivity contribution in [1.29, 1.82) is 0 Å². The van der Waals surface area contributed by atoms with Gasteiger partial charge in [-0.15, -0.1) is 11.3 Å². The van der Waals surface area contributed by atoms with E-state index in [0.29, 0.717) is 6.54 Å². The second-order valence-electron chi connectivity index (χ2n) is 6.27. The van der Waals surface area contributed by atoms with Crippen molar-refractivity contribution < 1.29 is 14.3 Å². The summed E-state index contributed by atoms with van der Waals surface area (Å²) in [6, 6.07) is 5.80. The number of fused-ring (bicyclic) bond motifs is 1. The molecule has 2 aliphatic rings. The molecule has 7 heteroatoms. The van der Waals surface area contributed by atoms with E-state index in [1.165, 1.54) is 16.9 Å². The number of hydrogen-bond donors (Lipinski definition) is 2. The van der Waals surface area contributed by atoms with Crippen molar-refractivity contribution >= 4 is 17.4 Å². The molecule has 1 saturated carbocycles. The molecule has 1 fully saturated rings. The second kappa shape index (κ2) is 5.98. The first kappa shape index (κ1) is 15.3. The van der Waals surface area contributed by atoms with Crippen molar-refractivity contribution in [3.05, 3.63) is 40.3 Å². The van der Waals surface area contributed by atoms with Crippen molar-refractivity contribution in [2.75, 3.05) is 13.3 Å². The molecule has 2 aromatic rings. The molecule has 6 nitrogen and oxygen atoms in total. The fourth-order valence-corrected chi connectivity index (χ4v) is 3.60. The maximum absolute atomic E-state index is 12.2. The molecule has 1 aromatic carbocycles. The third-order valence-corrected chi connectivity index (χ3v) is 5.55. The van der Waals surface area contributed by atoms with Gasteiger partial charge < -0.3 is 20.1 Å². The highest BCUT2D eigenvalue weighted by Gasteiger charge is 2.45. The van der Waals surface area contributed by atoms with Crippen LogP contribution in [0.25, 0.3) is 0 Å². The van der Waals surface area contributed by atoms with E-state index in [1.54, 1.807) is 6.20 Å². The van der Waals surface area contributed by atoms with Gasteiger partial charge in [0, 0.05) is 23.5 Å². The summed E-state index contributed by atoms with van der Waals surface area (Å²) in [5, 5.41) is 8.74. The molecule has 1 aliphatic carbocycles. The van der Waals surface area contributed by atoms with Gasteiger partial charge in [0.1, 0.15) is 5.01 Å². The molecule has 2 amide bonds. The van der Waals surface area contributed by atoms with Crippen LogP contribution in [0.1, 0.15) is 36.4 Å². The Labute approximate surface area is 144 Å². The van der Waals surface area contributed by atoms with Crippen LogP contribution in [-0.2, 0) is 5.41 Å². The molecule has 24 heavy (non-hydrogen) atoms. The van der Waals surface area contributed by atoms with Gasteiger partial charge in [-0.3, -0.25) is 0 Å². The maximum Gasteiger partial charge on any atom is 0.315 e. The number of nitrogens with one attached hydrogen (secondary N) is 2. The van der Waals surface area contributed by atoms with Gasteiger partial charge in [-0.05, 0) is 37.5 Å². The van der Waals surface area contributed by atoms with E-state index in [2.05, 4.69) is 21.7 Å². The summed E-state index contributed by atoms with van der Waals surface area (Å²) in [6.07, 6.45) is 3.87. The van der Waals surface area contributed by atoms with Crippen LogP contribution in [0.3, 0.4) is 0 Å². The van der Waals surface area contributed by atoms with E-state index < -0.39 is 0 Å². The van der Waals surface area contributed by atoms with Crippen molar-refractivity contribution in [2.45, 2.75) is 31.2 Å². The Balaban J connectivity index is 1.36. The number of rotatable bonds is 5. The zero-order valence-corrected chi connectivity index (χ0v) is 14.2. The fourth-order valence-electron chi connectivity index (χ4n) is 2.95. The predicted octanol–water partition coefficient (Wildman–Crippen LogP) is 2.96. The highest BCUT2D eigenvalue weighted by Crippen LogP contribution is 2.49. The summed E-state index contributed by atoms with van der Waals surface area (Å²) in [6.45, 7) is 2.83. The van der Waals surface area contributed by atoms with Gasteiger partial charge in [0.25, 0.3) is 0 Å². The average Bonchev–Trinajstić information content (AvgIpc) is 3.02. The van der Waals surface area contributed by atoms with E-state index in [9.17, 15) is 4.79 Å². The number of hydrogen-bond acceptors (Lipinski definition) is 5. The summed E-state index contributed by atoms with van der Waals surface area (Å²) >= 11 is 1.54. The summed E-state index contributed by atoms with van der Waals surface area (Å²) in [5.74, 6) is 1.58. The molecule has 0 saturated heterocycles. The molecule has 2 N–H and O–H groups in total. The third kappa shape index (κ3) is 2.91. The number of nitrogens with zero attached hydrogens (tertiary/aromatic N) is 1. The quantitative estimate of drug-likeness (QED) is 0.874. The summed E-state index contributed by atoms with van der Waals surface area (Å²) in [7, 11) is 0. The number of carbonyl (C=O) groups is 1. The third-order valence-electron chi connectivity index (χ3n) is 4.60. The standard InChI is InChI=1S/C17H19N3O3S/c1-11(15-18-6-7-24-15)20-16(21)19-9-17(4-5-17)12-2-3-13-14(8-12)23-10-22-13/h2-3,6-8,11H,4-5,9-10H2,1H3,(H2,19,20,21)/t11-/m1/s1. The zero-order valence-electron chi connectivity index (χ0n) is 13.4. The molecule has 126 valence electrons. The molecule has 0 radical (unpaired) electrons. The van der Waals surface area contributed by atoms with Gasteiger partial charge in [-0.1, -0.05) is 6.07 Å². The highest BCUT2D eigenvalue weighted by atomic mass is 32.1. The summed E-state index contributed by atoms with van der Waals surface area (Å²) in [5.41, 5.74) is 1.21. The maximum atomic E-state index is 12.2. The van der Waals surface area contributed by atoms with Gasteiger partial charge in [0.2, 0.25) is 6.79 Å². The molecule has 0 unspecified atom stereocenters. The number of amides is 2. The lowest BCUT2D eigenvalue weighted by atomic mass is 9.95. The summed E-state index contributed by atoms with van der Waals surface area (Å²) < 4.78 is 10.8. The van der Waals surface area contributed by atoms with E-state index in [4.69, 9.17) is 9.47 Å². The molecule has 0 bridgehead atoms. The van der Waals surface area contributed by atoms with Crippen molar-refractivity contribution in [2.24, 2.45) is 0 Å².